The zero-order chi connectivity index (χ0) is 8.69. The smallest absolute Gasteiger partial charge is 0.222 e. The van der Waals surface area contributed by atoms with Crippen molar-refractivity contribution < 1.29 is 9.59 Å². The Hall–Kier alpha value is -0.860. The van der Waals surface area contributed by atoms with Gasteiger partial charge in [-0.05, 0) is 13.8 Å². The van der Waals surface area contributed by atoms with Crippen molar-refractivity contribution in [2.24, 2.45) is 0 Å². The lowest BCUT2D eigenvalue weighted by molar-refractivity contribution is -0.131. The fourth-order valence-corrected chi connectivity index (χ4v) is 0.917. The van der Waals surface area contributed by atoms with Crippen molar-refractivity contribution in [3.8, 4) is 0 Å². The minimum Gasteiger partial charge on any atom is -0.343 e. The van der Waals surface area contributed by atoms with E-state index in [1.54, 1.807) is 4.90 Å². The number of rotatable bonds is 5. The molecular weight excluding hydrogens is 142 g/mol. The van der Waals surface area contributed by atoms with Gasteiger partial charge in [-0.25, -0.2) is 0 Å². The molecule has 0 saturated carbocycles. The molecule has 64 valence electrons. The number of carbonyl (C=O) groups excluding carboxylic acids is 2. The average Bonchev–Trinajstić information content (AvgIpc) is 2.03. The molecule has 0 aromatic carbocycles. The van der Waals surface area contributed by atoms with E-state index in [2.05, 4.69) is 0 Å². The molecule has 0 aliphatic heterocycles. The van der Waals surface area contributed by atoms with Crippen LogP contribution < -0.4 is 0 Å². The summed E-state index contributed by atoms with van der Waals surface area (Å²) in [6.07, 6.45) is 1.47. The Morgan fingerprint density at radius 3 is 2.27 bits per heavy atom. The Kier molecular flexibility index (Phi) is 5.43. The van der Waals surface area contributed by atoms with E-state index >= 15 is 0 Å². The van der Waals surface area contributed by atoms with Crippen molar-refractivity contribution in [2.45, 2.75) is 26.7 Å². The van der Waals surface area contributed by atoms with Crippen LogP contribution in [0.15, 0.2) is 0 Å². The van der Waals surface area contributed by atoms with Gasteiger partial charge in [0.2, 0.25) is 5.91 Å². The second-order valence-electron chi connectivity index (χ2n) is 2.27. The van der Waals surface area contributed by atoms with Crippen LogP contribution in [0.1, 0.15) is 26.7 Å². The maximum Gasteiger partial charge on any atom is 0.222 e. The molecule has 0 radical (unpaired) electrons. The summed E-state index contributed by atoms with van der Waals surface area (Å²) in [7, 11) is 0. The Balaban J connectivity index is 3.69. The maximum atomic E-state index is 11.1. The summed E-state index contributed by atoms with van der Waals surface area (Å²) in [5.41, 5.74) is 0. The molecular formula is C8H15NO2. The molecule has 0 fully saturated rings. The van der Waals surface area contributed by atoms with Crippen molar-refractivity contribution in [3.63, 3.8) is 0 Å². The van der Waals surface area contributed by atoms with Crippen LogP contribution in [-0.4, -0.2) is 30.2 Å². The summed E-state index contributed by atoms with van der Waals surface area (Å²) in [6.45, 7) is 5.33. The van der Waals surface area contributed by atoms with Crippen molar-refractivity contribution >= 4 is 12.2 Å². The minimum absolute atomic E-state index is 0.0714. The van der Waals surface area contributed by atoms with E-state index in [0.29, 0.717) is 12.8 Å². The number of hydrogen-bond donors (Lipinski definition) is 0. The first-order chi connectivity index (χ1) is 5.26. The summed E-state index contributed by atoms with van der Waals surface area (Å²) in [4.78, 5) is 22.8. The molecule has 0 bridgehead atoms. The Bertz CT molecular complexity index is 130. The van der Waals surface area contributed by atoms with Gasteiger partial charge in [0.25, 0.3) is 0 Å². The van der Waals surface area contributed by atoms with E-state index in [1.165, 1.54) is 0 Å². The number of amides is 1. The monoisotopic (exact) mass is 157 g/mol. The Labute approximate surface area is 67.4 Å². The standard InChI is InChI=1S/C8H15NO2/c1-3-9(4-2)8(11)6-5-7-10/h7H,3-6H2,1-2H3. The molecule has 3 heteroatoms. The summed E-state index contributed by atoms with van der Waals surface area (Å²) >= 11 is 0. The second-order valence-corrected chi connectivity index (χ2v) is 2.27. The lowest BCUT2D eigenvalue weighted by Crippen LogP contribution is -2.30. The SMILES string of the molecule is CCN(CC)C(=O)CCC=O. The van der Waals surface area contributed by atoms with E-state index < -0.39 is 0 Å². The highest BCUT2D eigenvalue weighted by molar-refractivity contribution is 5.78. The van der Waals surface area contributed by atoms with Crippen LogP contribution in [0, 0.1) is 0 Å². The van der Waals surface area contributed by atoms with Crippen LogP contribution in [0.3, 0.4) is 0 Å². The zero-order valence-electron chi connectivity index (χ0n) is 7.17. The number of carbonyl (C=O) groups is 2. The first kappa shape index (κ1) is 10.1. The van der Waals surface area contributed by atoms with Crippen LogP contribution in [-0.2, 0) is 9.59 Å². The van der Waals surface area contributed by atoms with E-state index in [9.17, 15) is 9.59 Å². The largest absolute Gasteiger partial charge is 0.343 e. The molecule has 0 unspecified atom stereocenters. The first-order valence-corrected chi connectivity index (χ1v) is 3.97. The predicted octanol–water partition coefficient (Wildman–Crippen LogP) is 0.834. The third-order valence-electron chi connectivity index (χ3n) is 1.59. The normalized spacial score (nSPS) is 9.27. The van der Waals surface area contributed by atoms with Crippen LogP contribution in [0.5, 0.6) is 0 Å². The highest BCUT2D eigenvalue weighted by atomic mass is 16.2. The molecule has 0 heterocycles. The zero-order valence-corrected chi connectivity index (χ0v) is 7.17. The van der Waals surface area contributed by atoms with Gasteiger partial charge in [-0.1, -0.05) is 0 Å². The molecule has 11 heavy (non-hydrogen) atoms. The van der Waals surface area contributed by atoms with Gasteiger partial charge in [0.1, 0.15) is 6.29 Å². The van der Waals surface area contributed by atoms with Crippen molar-refractivity contribution in [2.75, 3.05) is 13.1 Å². The third kappa shape index (κ3) is 3.75. The Morgan fingerprint density at radius 2 is 1.91 bits per heavy atom. The van der Waals surface area contributed by atoms with Gasteiger partial charge in [-0.15, -0.1) is 0 Å². The van der Waals surface area contributed by atoms with Gasteiger partial charge in [0.05, 0.1) is 0 Å². The summed E-state index contributed by atoms with van der Waals surface area (Å²) < 4.78 is 0. The van der Waals surface area contributed by atoms with Crippen molar-refractivity contribution in [1.29, 1.82) is 0 Å². The summed E-state index contributed by atoms with van der Waals surface area (Å²) in [5, 5.41) is 0. The fourth-order valence-electron chi connectivity index (χ4n) is 0.917. The van der Waals surface area contributed by atoms with Crippen molar-refractivity contribution in [1.82, 2.24) is 4.90 Å². The fraction of sp³-hybridized carbons (Fsp3) is 0.750. The molecule has 3 nitrogen and oxygen atoms in total. The molecule has 0 spiro atoms. The van der Waals surface area contributed by atoms with E-state index in [0.717, 1.165) is 19.4 Å². The van der Waals surface area contributed by atoms with Gasteiger partial charge < -0.3 is 9.69 Å². The van der Waals surface area contributed by atoms with Gasteiger partial charge in [0, 0.05) is 25.9 Å². The third-order valence-corrected chi connectivity index (χ3v) is 1.59. The number of hydrogen-bond acceptors (Lipinski definition) is 2. The van der Waals surface area contributed by atoms with E-state index in [1.807, 2.05) is 13.8 Å². The molecule has 0 aromatic heterocycles. The quantitative estimate of drug-likeness (QED) is 0.554. The second kappa shape index (κ2) is 5.89. The number of aldehydes is 1. The molecule has 0 rings (SSSR count). The van der Waals surface area contributed by atoms with Crippen LogP contribution in [0.4, 0.5) is 0 Å². The Morgan fingerprint density at radius 1 is 1.36 bits per heavy atom. The molecule has 0 aromatic rings. The summed E-state index contributed by atoms with van der Waals surface area (Å²) in [6, 6.07) is 0. The maximum absolute atomic E-state index is 11.1. The molecule has 0 saturated heterocycles. The van der Waals surface area contributed by atoms with Gasteiger partial charge in [-0.2, -0.15) is 0 Å². The molecule has 0 aliphatic carbocycles. The number of nitrogens with zero attached hydrogens (tertiary/aromatic N) is 1. The van der Waals surface area contributed by atoms with Crippen LogP contribution in [0.2, 0.25) is 0 Å². The highest BCUT2D eigenvalue weighted by Crippen LogP contribution is 1.95. The van der Waals surface area contributed by atoms with Gasteiger partial charge in [-0.3, -0.25) is 4.79 Å². The van der Waals surface area contributed by atoms with Gasteiger partial charge in [0.15, 0.2) is 0 Å². The average molecular weight is 157 g/mol. The molecule has 0 N–H and O–H groups in total. The van der Waals surface area contributed by atoms with E-state index in [-0.39, 0.29) is 5.91 Å². The highest BCUT2D eigenvalue weighted by Gasteiger charge is 2.07. The van der Waals surface area contributed by atoms with Crippen LogP contribution in [0.25, 0.3) is 0 Å². The summed E-state index contributed by atoms with van der Waals surface area (Å²) in [5.74, 6) is 0.0714. The minimum atomic E-state index is 0.0714. The topological polar surface area (TPSA) is 37.4 Å². The van der Waals surface area contributed by atoms with Gasteiger partial charge >= 0.3 is 0 Å². The molecule has 1 amide bonds. The van der Waals surface area contributed by atoms with Crippen LogP contribution >= 0.6 is 0 Å². The predicted molar refractivity (Wildman–Crippen MR) is 43.2 cm³/mol. The lowest BCUT2D eigenvalue weighted by atomic mass is 10.3. The molecule has 0 atom stereocenters. The first-order valence-electron chi connectivity index (χ1n) is 3.97. The van der Waals surface area contributed by atoms with E-state index in [4.69, 9.17) is 0 Å². The lowest BCUT2D eigenvalue weighted by Gasteiger charge is -2.17. The van der Waals surface area contributed by atoms with Crippen molar-refractivity contribution in [3.05, 3.63) is 0 Å². The molecule has 0 aliphatic rings.